The monoisotopic (exact) mass is 222 g/mol. The molecule has 5 heteroatoms. The predicted molar refractivity (Wildman–Crippen MR) is 60.7 cm³/mol. The molecular formula is C10H10N2O2S. The van der Waals surface area contributed by atoms with Gasteiger partial charge >= 0.3 is 0 Å². The lowest BCUT2D eigenvalue weighted by atomic mass is 10.3. The van der Waals surface area contributed by atoms with Crippen molar-refractivity contribution in [3.63, 3.8) is 0 Å². The molecule has 0 unspecified atom stereocenters. The number of ether oxygens (including phenoxy) is 1. The van der Waals surface area contributed by atoms with Crippen molar-refractivity contribution in [1.29, 1.82) is 0 Å². The van der Waals surface area contributed by atoms with Gasteiger partial charge < -0.3 is 10.1 Å². The normalized spacial score (nSPS) is 17.9. The lowest BCUT2D eigenvalue weighted by Crippen LogP contribution is -2.19. The van der Waals surface area contributed by atoms with Crippen LogP contribution in [0, 0.1) is 0 Å². The van der Waals surface area contributed by atoms with Crippen molar-refractivity contribution in [2.75, 3.05) is 12.9 Å². The van der Waals surface area contributed by atoms with Crippen LogP contribution in [0.15, 0.2) is 29.3 Å². The van der Waals surface area contributed by atoms with Gasteiger partial charge in [0.1, 0.15) is 11.4 Å². The van der Waals surface area contributed by atoms with Crippen LogP contribution in [0.2, 0.25) is 0 Å². The number of para-hydroxylation sites is 2. The molecule has 0 bridgehead atoms. The van der Waals surface area contributed by atoms with E-state index in [-0.39, 0.29) is 5.91 Å². The van der Waals surface area contributed by atoms with Crippen molar-refractivity contribution < 1.29 is 9.53 Å². The van der Waals surface area contributed by atoms with E-state index in [9.17, 15) is 4.79 Å². The number of rotatable bonds is 2. The zero-order chi connectivity index (χ0) is 10.7. The van der Waals surface area contributed by atoms with Gasteiger partial charge in [-0.15, -0.1) is 0 Å². The standard InChI is InChI=1S/C10H10N2O2S/c1-14-8-5-3-2-4-7(8)11-10-12-9(13)6-15-10/h2-5H,6H2,1H3,(H,11,12,13). The van der Waals surface area contributed by atoms with Crippen LogP contribution in [0.3, 0.4) is 0 Å². The molecule has 1 aromatic rings. The number of nitrogens with one attached hydrogen (secondary N) is 1. The van der Waals surface area contributed by atoms with Crippen molar-refractivity contribution >= 4 is 28.5 Å². The van der Waals surface area contributed by atoms with Crippen LogP contribution >= 0.6 is 11.8 Å². The molecule has 0 aromatic heterocycles. The molecule has 4 nitrogen and oxygen atoms in total. The number of hydrogen-bond acceptors (Lipinski definition) is 4. The summed E-state index contributed by atoms with van der Waals surface area (Å²) in [5.41, 5.74) is 0.727. The number of benzene rings is 1. The van der Waals surface area contributed by atoms with E-state index in [1.165, 1.54) is 11.8 Å². The lowest BCUT2D eigenvalue weighted by Gasteiger charge is -2.03. The second-order valence-electron chi connectivity index (χ2n) is 2.93. The molecule has 1 fully saturated rings. The van der Waals surface area contributed by atoms with Crippen LogP contribution in [-0.4, -0.2) is 23.9 Å². The molecule has 2 rings (SSSR count). The highest BCUT2D eigenvalue weighted by Gasteiger charge is 2.16. The molecule has 1 saturated heterocycles. The number of nitrogens with zero attached hydrogens (tertiary/aromatic N) is 1. The van der Waals surface area contributed by atoms with Crippen LogP contribution in [0.25, 0.3) is 0 Å². The maximum Gasteiger partial charge on any atom is 0.236 e. The predicted octanol–water partition coefficient (Wildman–Crippen LogP) is 1.55. The first-order valence-electron chi connectivity index (χ1n) is 4.44. The fourth-order valence-electron chi connectivity index (χ4n) is 1.22. The van der Waals surface area contributed by atoms with Gasteiger partial charge in [-0.05, 0) is 12.1 Å². The SMILES string of the molecule is COc1ccccc1N=C1NC(=O)CS1. The van der Waals surface area contributed by atoms with Gasteiger partial charge in [-0.2, -0.15) is 0 Å². The third kappa shape index (κ3) is 2.30. The van der Waals surface area contributed by atoms with Gasteiger partial charge in [-0.1, -0.05) is 23.9 Å². The zero-order valence-electron chi connectivity index (χ0n) is 8.19. The minimum atomic E-state index is -0.00588. The summed E-state index contributed by atoms with van der Waals surface area (Å²) in [5.74, 6) is 1.13. The van der Waals surface area contributed by atoms with E-state index in [0.29, 0.717) is 16.7 Å². The molecule has 0 saturated carbocycles. The van der Waals surface area contributed by atoms with Crippen molar-refractivity contribution in [3.8, 4) is 5.75 Å². The van der Waals surface area contributed by atoms with Crippen LogP contribution in [0.1, 0.15) is 0 Å². The highest BCUT2D eigenvalue weighted by Crippen LogP contribution is 2.27. The summed E-state index contributed by atoms with van der Waals surface area (Å²) in [6.07, 6.45) is 0. The Kier molecular flexibility index (Phi) is 2.91. The van der Waals surface area contributed by atoms with Crippen molar-refractivity contribution in [3.05, 3.63) is 24.3 Å². The van der Waals surface area contributed by atoms with Gasteiger partial charge in [0, 0.05) is 0 Å². The molecule has 0 aliphatic carbocycles. The molecular weight excluding hydrogens is 212 g/mol. The Bertz CT molecular complexity index is 418. The van der Waals surface area contributed by atoms with E-state index < -0.39 is 0 Å². The first-order chi connectivity index (χ1) is 7.29. The average molecular weight is 222 g/mol. The number of hydrogen-bond donors (Lipinski definition) is 1. The fourth-order valence-corrected chi connectivity index (χ4v) is 1.91. The largest absolute Gasteiger partial charge is 0.494 e. The maximum atomic E-state index is 11.0. The molecule has 1 aromatic carbocycles. The third-order valence-electron chi connectivity index (χ3n) is 1.89. The molecule has 1 amide bonds. The first kappa shape index (κ1) is 10.0. The summed E-state index contributed by atoms with van der Waals surface area (Å²) in [7, 11) is 1.60. The number of methoxy groups -OCH3 is 1. The smallest absolute Gasteiger partial charge is 0.236 e. The van der Waals surface area contributed by atoms with Crippen LogP contribution in [0.4, 0.5) is 5.69 Å². The quantitative estimate of drug-likeness (QED) is 0.825. The van der Waals surface area contributed by atoms with Gasteiger partial charge in [0.15, 0.2) is 5.17 Å². The van der Waals surface area contributed by atoms with Gasteiger partial charge in [0.25, 0.3) is 0 Å². The van der Waals surface area contributed by atoms with Gasteiger partial charge in [0.2, 0.25) is 5.91 Å². The zero-order valence-corrected chi connectivity index (χ0v) is 9.00. The Morgan fingerprint density at radius 1 is 1.47 bits per heavy atom. The molecule has 1 aliphatic heterocycles. The van der Waals surface area contributed by atoms with E-state index in [0.717, 1.165) is 5.69 Å². The Balaban J connectivity index is 2.26. The summed E-state index contributed by atoms with van der Waals surface area (Å²) in [4.78, 5) is 15.3. The number of amidine groups is 1. The Morgan fingerprint density at radius 2 is 2.27 bits per heavy atom. The number of amides is 1. The van der Waals surface area contributed by atoms with E-state index >= 15 is 0 Å². The topological polar surface area (TPSA) is 50.7 Å². The third-order valence-corrected chi connectivity index (χ3v) is 2.77. The van der Waals surface area contributed by atoms with E-state index in [1.54, 1.807) is 7.11 Å². The van der Waals surface area contributed by atoms with Crippen LogP contribution in [0.5, 0.6) is 5.75 Å². The van der Waals surface area contributed by atoms with Crippen molar-refractivity contribution in [2.24, 2.45) is 4.99 Å². The van der Waals surface area contributed by atoms with Crippen molar-refractivity contribution in [1.82, 2.24) is 5.32 Å². The van der Waals surface area contributed by atoms with Crippen LogP contribution < -0.4 is 10.1 Å². The molecule has 1 heterocycles. The molecule has 1 aliphatic rings. The van der Waals surface area contributed by atoms with Gasteiger partial charge in [-0.3, -0.25) is 4.79 Å². The summed E-state index contributed by atoms with van der Waals surface area (Å²) in [5, 5.41) is 3.30. The fraction of sp³-hybridized carbons (Fsp3) is 0.200. The number of carbonyl (C=O) groups is 1. The van der Waals surface area contributed by atoms with Gasteiger partial charge in [0.05, 0.1) is 12.9 Å². The Morgan fingerprint density at radius 3 is 2.93 bits per heavy atom. The molecule has 78 valence electrons. The second kappa shape index (κ2) is 4.35. The van der Waals surface area contributed by atoms with Crippen molar-refractivity contribution in [2.45, 2.75) is 0 Å². The highest BCUT2D eigenvalue weighted by atomic mass is 32.2. The first-order valence-corrected chi connectivity index (χ1v) is 5.42. The maximum absolute atomic E-state index is 11.0. The summed E-state index contributed by atoms with van der Waals surface area (Å²) in [6.45, 7) is 0. The highest BCUT2D eigenvalue weighted by molar-refractivity contribution is 8.15. The molecule has 0 atom stereocenters. The number of aliphatic imine (C=N–C) groups is 1. The second-order valence-corrected chi connectivity index (χ2v) is 3.89. The number of carbonyl (C=O) groups excluding carboxylic acids is 1. The molecule has 0 spiro atoms. The van der Waals surface area contributed by atoms with E-state index in [2.05, 4.69) is 10.3 Å². The summed E-state index contributed by atoms with van der Waals surface area (Å²) < 4.78 is 5.15. The Hall–Kier alpha value is -1.49. The molecule has 0 radical (unpaired) electrons. The molecule has 15 heavy (non-hydrogen) atoms. The van der Waals surface area contributed by atoms with Gasteiger partial charge in [-0.25, -0.2) is 4.99 Å². The molecule has 1 N–H and O–H groups in total. The average Bonchev–Trinajstić information content (AvgIpc) is 2.65. The summed E-state index contributed by atoms with van der Waals surface area (Å²) >= 11 is 1.40. The van der Waals surface area contributed by atoms with Crippen LogP contribution in [-0.2, 0) is 4.79 Å². The number of thioether (sulfide) groups is 1. The minimum absolute atomic E-state index is 0.00588. The lowest BCUT2D eigenvalue weighted by molar-refractivity contribution is -0.116. The van der Waals surface area contributed by atoms with E-state index in [4.69, 9.17) is 4.74 Å². The Labute approximate surface area is 91.7 Å². The van der Waals surface area contributed by atoms with E-state index in [1.807, 2.05) is 24.3 Å². The minimum Gasteiger partial charge on any atom is -0.494 e. The summed E-state index contributed by atoms with van der Waals surface area (Å²) in [6, 6.07) is 7.43.